The van der Waals surface area contributed by atoms with E-state index in [1.165, 1.54) is 0 Å². The van der Waals surface area contributed by atoms with Gasteiger partial charge in [0.1, 0.15) is 11.5 Å². The number of benzene rings is 2. The molecular weight excluding hydrogens is 366 g/mol. The predicted molar refractivity (Wildman–Crippen MR) is 112 cm³/mol. The maximum atomic E-state index is 12.3. The number of anilines is 1. The molecular formula is C23H21N3O3. The highest BCUT2D eigenvalue weighted by atomic mass is 16.3. The van der Waals surface area contributed by atoms with E-state index < -0.39 is 0 Å². The summed E-state index contributed by atoms with van der Waals surface area (Å²) < 4.78 is 5.21. The van der Waals surface area contributed by atoms with Crippen LogP contribution in [-0.4, -0.2) is 16.8 Å². The molecule has 0 saturated heterocycles. The fraction of sp³-hybridized carbons (Fsp3) is 0.130. The molecule has 0 radical (unpaired) electrons. The Morgan fingerprint density at radius 1 is 0.966 bits per heavy atom. The molecule has 3 N–H and O–H groups in total. The molecule has 2 heterocycles. The SMILES string of the molecule is O=C(CCc1ccccc1)Nc1ccc2[nH]c(C(=O)NCc3ccco3)cc2c1. The number of nitrogens with one attached hydrogen (secondary N) is 3. The molecule has 2 aromatic heterocycles. The molecule has 0 spiro atoms. The van der Waals surface area contributed by atoms with E-state index >= 15 is 0 Å². The molecule has 146 valence electrons. The van der Waals surface area contributed by atoms with E-state index in [1.54, 1.807) is 24.5 Å². The number of aryl methyl sites for hydroxylation is 1. The average Bonchev–Trinajstić information content (AvgIpc) is 3.40. The molecule has 0 aliphatic heterocycles. The van der Waals surface area contributed by atoms with Gasteiger partial charge in [-0.15, -0.1) is 0 Å². The van der Waals surface area contributed by atoms with Gasteiger partial charge in [-0.05, 0) is 48.4 Å². The van der Waals surface area contributed by atoms with Gasteiger partial charge in [0.05, 0.1) is 12.8 Å². The highest BCUT2D eigenvalue weighted by Crippen LogP contribution is 2.20. The third-order valence-electron chi connectivity index (χ3n) is 4.64. The van der Waals surface area contributed by atoms with Crippen LogP contribution in [0.25, 0.3) is 10.9 Å². The summed E-state index contributed by atoms with van der Waals surface area (Å²) in [5, 5.41) is 6.58. The molecule has 6 heteroatoms. The molecule has 0 aliphatic carbocycles. The molecule has 6 nitrogen and oxygen atoms in total. The van der Waals surface area contributed by atoms with Crippen molar-refractivity contribution in [3.63, 3.8) is 0 Å². The quantitative estimate of drug-likeness (QED) is 0.443. The van der Waals surface area contributed by atoms with Crippen LogP contribution in [0.15, 0.2) is 77.4 Å². The summed E-state index contributed by atoms with van der Waals surface area (Å²) in [4.78, 5) is 27.7. The third-order valence-corrected chi connectivity index (χ3v) is 4.64. The van der Waals surface area contributed by atoms with Crippen molar-refractivity contribution in [2.75, 3.05) is 5.32 Å². The van der Waals surface area contributed by atoms with Crippen LogP contribution in [0, 0.1) is 0 Å². The highest BCUT2D eigenvalue weighted by molar-refractivity contribution is 5.99. The van der Waals surface area contributed by atoms with Gasteiger partial charge in [-0.1, -0.05) is 30.3 Å². The van der Waals surface area contributed by atoms with E-state index in [1.807, 2.05) is 48.5 Å². The van der Waals surface area contributed by atoms with Gasteiger partial charge in [-0.25, -0.2) is 0 Å². The Hall–Kier alpha value is -3.80. The van der Waals surface area contributed by atoms with Crippen molar-refractivity contribution in [2.45, 2.75) is 19.4 Å². The standard InChI is InChI=1S/C23H21N3O3/c27-22(11-8-16-5-2-1-3-6-16)25-18-9-10-20-17(13-18)14-21(26-20)23(28)24-15-19-7-4-12-29-19/h1-7,9-10,12-14,26H,8,11,15H2,(H,24,28)(H,25,27). The van der Waals surface area contributed by atoms with Crippen molar-refractivity contribution in [1.82, 2.24) is 10.3 Å². The minimum atomic E-state index is -0.217. The van der Waals surface area contributed by atoms with E-state index in [0.717, 1.165) is 16.5 Å². The Kier molecular flexibility index (Phi) is 5.42. The lowest BCUT2D eigenvalue weighted by molar-refractivity contribution is -0.116. The second-order valence-electron chi connectivity index (χ2n) is 6.78. The zero-order chi connectivity index (χ0) is 20.1. The average molecular weight is 387 g/mol. The van der Waals surface area contributed by atoms with Gasteiger partial charge in [-0.2, -0.15) is 0 Å². The number of aromatic amines is 1. The zero-order valence-corrected chi connectivity index (χ0v) is 15.8. The summed E-state index contributed by atoms with van der Waals surface area (Å²) in [7, 11) is 0. The molecule has 29 heavy (non-hydrogen) atoms. The number of hydrogen-bond acceptors (Lipinski definition) is 3. The largest absolute Gasteiger partial charge is 0.467 e. The number of furan rings is 1. The topological polar surface area (TPSA) is 87.1 Å². The smallest absolute Gasteiger partial charge is 0.268 e. The molecule has 2 amide bonds. The normalized spacial score (nSPS) is 10.8. The van der Waals surface area contributed by atoms with Crippen molar-refractivity contribution in [1.29, 1.82) is 0 Å². The van der Waals surface area contributed by atoms with Gasteiger partial charge in [0, 0.05) is 23.0 Å². The van der Waals surface area contributed by atoms with E-state index in [4.69, 9.17) is 4.42 Å². The summed E-state index contributed by atoms with van der Waals surface area (Å²) in [5.41, 5.74) is 3.13. The van der Waals surface area contributed by atoms with Crippen LogP contribution in [0.1, 0.15) is 28.2 Å². The van der Waals surface area contributed by atoms with Crippen molar-refractivity contribution in [2.24, 2.45) is 0 Å². The first-order valence-electron chi connectivity index (χ1n) is 9.44. The number of fused-ring (bicyclic) bond motifs is 1. The highest BCUT2D eigenvalue weighted by Gasteiger charge is 2.11. The number of carbonyl (C=O) groups is 2. The lowest BCUT2D eigenvalue weighted by Gasteiger charge is -2.05. The first-order chi connectivity index (χ1) is 14.2. The molecule has 0 fully saturated rings. The lowest BCUT2D eigenvalue weighted by Crippen LogP contribution is -2.22. The fourth-order valence-corrected chi connectivity index (χ4v) is 3.13. The number of amides is 2. The number of aromatic nitrogens is 1. The number of H-pyrrole nitrogens is 1. The summed E-state index contributed by atoms with van der Waals surface area (Å²) in [5.74, 6) is 0.432. The van der Waals surface area contributed by atoms with E-state index in [-0.39, 0.29) is 11.8 Å². The lowest BCUT2D eigenvalue weighted by atomic mass is 10.1. The van der Waals surface area contributed by atoms with Gasteiger partial charge in [0.25, 0.3) is 5.91 Å². The molecule has 0 saturated carbocycles. The van der Waals surface area contributed by atoms with Crippen LogP contribution in [-0.2, 0) is 17.8 Å². The van der Waals surface area contributed by atoms with Gasteiger partial charge >= 0.3 is 0 Å². The summed E-state index contributed by atoms with van der Waals surface area (Å²) in [6.07, 6.45) is 2.68. The Morgan fingerprint density at radius 2 is 1.83 bits per heavy atom. The van der Waals surface area contributed by atoms with Crippen LogP contribution >= 0.6 is 0 Å². The van der Waals surface area contributed by atoms with Crippen LogP contribution in [0.2, 0.25) is 0 Å². The first kappa shape index (κ1) is 18.6. The van der Waals surface area contributed by atoms with Crippen molar-refractivity contribution >= 4 is 28.4 Å². The Morgan fingerprint density at radius 3 is 2.62 bits per heavy atom. The molecule has 0 atom stereocenters. The maximum absolute atomic E-state index is 12.3. The van der Waals surface area contributed by atoms with E-state index in [9.17, 15) is 9.59 Å². The molecule has 0 unspecified atom stereocenters. The maximum Gasteiger partial charge on any atom is 0.268 e. The molecule has 2 aromatic carbocycles. The minimum absolute atomic E-state index is 0.0415. The van der Waals surface area contributed by atoms with Crippen molar-refractivity contribution < 1.29 is 14.0 Å². The fourth-order valence-electron chi connectivity index (χ4n) is 3.13. The minimum Gasteiger partial charge on any atom is -0.467 e. The Balaban J connectivity index is 1.37. The van der Waals surface area contributed by atoms with Crippen LogP contribution in [0.4, 0.5) is 5.69 Å². The van der Waals surface area contributed by atoms with E-state index in [0.29, 0.717) is 36.5 Å². The van der Waals surface area contributed by atoms with Gasteiger partial charge in [0.15, 0.2) is 0 Å². The second kappa shape index (κ2) is 8.48. The van der Waals surface area contributed by atoms with Crippen LogP contribution in [0.3, 0.4) is 0 Å². The predicted octanol–water partition coefficient (Wildman–Crippen LogP) is 4.26. The van der Waals surface area contributed by atoms with Crippen molar-refractivity contribution in [3.05, 3.63) is 90.0 Å². The van der Waals surface area contributed by atoms with Crippen molar-refractivity contribution in [3.8, 4) is 0 Å². The third kappa shape index (κ3) is 4.73. The van der Waals surface area contributed by atoms with Gasteiger partial charge < -0.3 is 20.0 Å². The second-order valence-corrected chi connectivity index (χ2v) is 6.78. The molecule has 0 bridgehead atoms. The van der Waals surface area contributed by atoms with Gasteiger partial charge in [0.2, 0.25) is 5.91 Å². The number of rotatable bonds is 7. The van der Waals surface area contributed by atoms with Crippen LogP contribution < -0.4 is 10.6 Å². The monoisotopic (exact) mass is 387 g/mol. The summed E-state index contributed by atoms with van der Waals surface area (Å²) >= 11 is 0. The summed E-state index contributed by atoms with van der Waals surface area (Å²) in [6, 6.07) is 20.8. The zero-order valence-electron chi connectivity index (χ0n) is 15.8. The van der Waals surface area contributed by atoms with Gasteiger partial charge in [-0.3, -0.25) is 9.59 Å². The molecule has 4 aromatic rings. The van der Waals surface area contributed by atoms with Crippen LogP contribution in [0.5, 0.6) is 0 Å². The Labute approximate surface area is 167 Å². The molecule has 0 aliphatic rings. The Bertz CT molecular complexity index is 1110. The van der Waals surface area contributed by atoms with E-state index in [2.05, 4.69) is 15.6 Å². The number of hydrogen-bond donors (Lipinski definition) is 3. The number of carbonyl (C=O) groups excluding carboxylic acids is 2. The summed E-state index contributed by atoms with van der Waals surface area (Å²) in [6.45, 7) is 0.323. The molecule has 4 rings (SSSR count). The first-order valence-corrected chi connectivity index (χ1v) is 9.44.